The maximum Gasteiger partial charge on any atom is 0.122 e. The normalized spacial score (nSPS) is 12.6. The maximum atomic E-state index is 5.32. The fourth-order valence-electron chi connectivity index (χ4n) is 1.51. The molecule has 0 bridgehead atoms. The lowest BCUT2D eigenvalue weighted by Gasteiger charge is -2.12. The molecule has 0 heterocycles. The molecule has 0 aliphatic rings. The third-order valence-corrected chi connectivity index (χ3v) is 2.94. The Hall–Kier alpha value is -0.630. The predicted molar refractivity (Wildman–Crippen MR) is 64.5 cm³/mol. The number of ether oxygens (including phenoxy) is 1. The van der Waals surface area contributed by atoms with Crippen LogP contribution in [-0.4, -0.2) is 12.9 Å². The van der Waals surface area contributed by atoms with Gasteiger partial charge in [0.2, 0.25) is 0 Å². The molecular formula is C12H18OS. The average molecular weight is 210 g/mol. The molecule has 1 rings (SSSR count). The first-order valence-corrected chi connectivity index (χ1v) is 5.55. The highest BCUT2D eigenvalue weighted by atomic mass is 32.1. The van der Waals surface area contributed by atoms with Gasteiger partial charge in [-0.1, -0.05) is 24.6 Å². The van der Waals surface area contributed by atoms with Crippen LogP contribution < -0.4 is 4.74 Å². The molecule has 0 aliphatic heterocycles. The topological polar surface area (TPSA) is 9.23 Å². The van der Waals surface area contributed by atoms with E-state index in [0.717, 1.165) is 17.9 Å². The molecule has 0 saturated heterocycles. The summed E-state index contributed by atoms with van der Waals surface area (Å²) in [4.78, 5) is 0. The predicted octanol–water partition coefficient (Wildman–Crippen LogP) is 3.11. The summed E-state index contributed by atoms with van der Waals surface area (Å²) in [7, 11) is 1.72. The Morgan fingerprint density at radius 2 is 2.14 bits per heavy atom. The molecule has 0 spiro atoms. The van der Waals surface area contributed by atoms with E-state index >= 15 is 0 Å². The summed E-state index contributed by atoms with van der Waals surface area (Å²) in [5.41, 5.74) is 2.57. The number of methoxy groups -OCH3 is 1. The van der Waals surface area contributed by atoms with E-state index < -0.39 is 0 Å². The van der Waals surface area contributed by atoms with E-state index in [9.17, 15) is 0 Å². The van der Waals surface area contributed by atoms with E-state index in [4.69, 9.17) is 4.74 Å². The Morgan fingerprint density at radius 1 is 1.43 bits per heavy atom. The Morgan fingerprint density at radius 3 is 2.71 bits per heavy atom. The number of rotatable bonds is 4. The van der Waals surface area contributed by atoms with Crippen LogP contribution in [0.1, 0.15) is 18.1 Å². The molecular weight excluding hydrogens is 192 g/mol. The van der Waals surface area contributed by atoms with Crippen LogP contribution >= 0.6 is 12.6 Å². The van der Waals surface area contributed by atoms with Crippen molar-refractivity contribution in [3.8, 4) is 5.75 Å². The number of thiol groups is 1. The first-order valence-electron chi connectivity index (χ1n) is 4.91. The molecule has 2 heteroatoms. The minimum absolute atomic E-state index is 0.592. The summed E-state index contributed by atoms with van der Waals surface area (Å²) < 4.78 is 5.32. The molecule has 1 atom stereocenters. The molecule has 0 aromatic heterocycles. The van der Waals surface area contributed by atoms with Crippen molar-refractivity contribution < 1.29 is 4.74 Å². The Bertz CT molecular complexity index is 296. The van der Waals surface area contributed by atoms with Crippen LogP contribution in [-0.2, 0) is 6.42 Å². The van der Waals surface area contributed by atoms with E-state index in [2.05, 4.69) is 38.6 Å². The third kappa shape index (κ3) is 2.95. The van der Waals surface area contributed by atoms with E-state index in [0.29, 0.717) is 5.92 Å². The number of hydrogen-bond donors (Lipinski definition) is 1. The van der Waals surface area contributed by atoms with Crippen molar-refractivity contribution in [1.82, 2.24) is 0 Å². The lowest BCUT2D eigenvalue weighted by atomic mass is 10.0. The van der Waals surface area contributed by atoms with Gasteiger partial charge in [0, 0.05) is 0 Å². The highest BCUT2D eigenvalue weighted by molar-refractivity contribution is 7.80. The maximum absolute atomic E-state index is 5.32. The minimum Gasteiger partial charge on any atom is -0.496 e. The van der Waals surface area contributed by atoms with Crippen LogP contribution in [0.4, 0.5) is 0 Å². The third-order valence-electron chi connectivity index (χ3n) is 2.32. The molecule has 78 valence electrons. The summed E-state index contributed by atoms with van der Waals surface area (Å²) in [5.74, 6) is 2.50. The van der Waals surface area contributed by atoms with Gasteiger partial charge in [-0.25, -0.2) is 0 Å². The van der Waals surface area contributed by atoms with Gasteiger partial charge >= 0.3 is 0 Å². The highest BCUT2D eigenvalue weighted by Gasteiger charge is 2.07. The fourth-order valence-corrected chi connectivity index (χ4v) is 1.64. The van der Waals surface area contributed by atoms with Crippen molar-refractivity contribution in [3.05, 3.63) is 29.3 Å². The quantitative estimate of drug-likeness (QED) is 0.751. The van der Waals surface area contributed by atoms with Crippen LogP contribution in [0.25, 0.3) is 0 Å². The van der Waals surface area contributed by atoms with Crippen molar-refractivity contribution in [2.75, 3.05) is 12.9 Å². The number of aryl methyl sites for hydroxylation is 1. The summed E-state index contributed by atoms with van der Waals surface area (Å²) in [6.45, 7) is 4.31. The Labute approximate surface area is 91.9 Å². The molecule has 1 unspecified atom stereocenters. The second-order valence-electron chi connectivity index (χ2n) is 3.81. The van der Waals surface area contributed by atoms with Gasteiger partial charge in [-0.3, -0.25) is 0 Å². The van der Waals surface area contributed by atoms with E-state index in [-0.39, 0.29) is 0 Å². The molecule has 1 aromatic carbocycles. The standard InChI is InChI=1S/C12H18OS/c1-9-4-5-12(13-3)11(6-9)7-10(2)8-14/h4-6,10,14H,7-8H2,1-3H3. The van der Waals surface area contributed by atoms with Gasteiger partial charge in [0.15, 0.2) is 0 Å². The largest absolute Gasteiger partial charge is 0.496 e. The van der Waals surface area contributed by atoms with Crippen molar-refractivity contribution in [2.24, 2.45) is 5.92 Å². The molecule has 0 N–H and O–H groups in total. The highest BCUT2D eigenvalue weighted by Crippen LogP contribution is 2.22. The van der Waals surface area contributed by atoms with Crippen LogP contribution in [0.5, 0.6) is 5.75 Å². The summed E-state index contributed by atoms with van der Waals surface area (Å²) in [6, 6.07) is 6.31. The molecule has 0 amide bonds. The van der Waals surface area contributed by atoms with Crippen LogP contribution in [0.3, 0.4) is 0 Å². The summed E-state index contributed by atoms with van der Waals surface area (Å²) in [6.07, 6.45) is 1.04. The van der Waals surface area contributed by atoms with Gasteiger partial charge in [0.05, 0.1) is 7.11 Å². The molecule has 0 aliphatic carbocycles. The smallest absolute Gasteiger partial charge is 0.122 e. The molecule has 0 fully saturated rings. The van der Waals surface area contributed by atoms with Gasteiger partial charge in [-0.2, -0.15) is 12.6 Å². The Balaban J connectivity index is 2.87. The van der Waals surface area contributed by atoms with Crippen molar-refractivity contribution in [1.29, 1.82) is 0 Å². The summed E-state index contributed by atoms with van der Waals surface area (Å²) >= 11 is 4.29. The van der Waals surface area contributed by atoms with Gasteiger partial charge in [0.1, 0.15) is 5.75 Å². The zero-order valence-electron chi connectivity index (χ0n) is 9.08. The zero-order valence-corrected chi connectivity index (χ0v) is 9.97. The molecule has 14 heavy (non-hydrogen) atoms. The second kappa shape index (κ2) is 5.30. The molecule has 0 saturated carbocycles. The van der Waals surface area contributed by atoms with Crippen LogP contribution in [0.15, 0.2) is 18.2 Å². The van der Waals surface area contributed by atoms with E-state index in [1.54, 1.807) is 7.11 Å². The first kappa shape index (κ1) is 11.4. The monoisotopic (exact) mass is 210 g/mol. The number of hydrogen-bond acceptors (Lipinski definition) is 2. The fraction of sp³-hybridized carbons (Fsp3) is 0.500. The van der Waals surface area contributed by atoms with Gasteiger partial charge in [-0.05, 0) is 36.6 Å². The SMILES string of the molecule is COc1ccc(C)cc1CC(C)CS. The lowest BCUT2D eigenvalue weighted by molar-refractivity contribution is 0.407. The Kier molecular flexibility index (Phi) is 4.33. The van der Waals surface area contributed by atoms with E-state index in [1.165, 1.54) is 11.1 Å². The number of benzene rings is 1. The van der Waals surface area contributed by atoms with Crippen molar-refractivity contribution >= 4 is 12.6 Å². The van der Waals surface area contributed by atoms with Crippen LogP contribution in [0, 0.1) is 12.8 Å². The first-order chi connectivity index (χ1) is 6.67. The summed E-state index contributed by atoms with van der Waals surface area (Å²) in [5, 5.41) is 0. The second-order valence-corrected chi connectivity index (χ2v) is 4.17. The van der Waals surface area contributed by atoms with E-state index in [1.807, 2.05) is 6.07 Å². The molecule has 0 radical (unpaired) electrons. The van der Waals surface area contributed by atoms with Crippen molar-refractivity contribution in [3.63, 3.8) is 0 Å². The molecule has 1 nitrogen and oxygen atoms in total. The average Bonchev–Trinajstić information content (AvgIpc) is 2.18. The van der Waals surface area contributed by atoms with Gasteiger partial charge in [-0.15, -0.1) is 0 Å². The molecule has 1 aromatic rings. The van der Waals surface area contributed by atoms with Gasteiger partial charge in [0.25, 0.3) is 0 Å². The van der Waals surface area contributed by atoms with Gasteiger partial charge < -0.3 is 4.74 Å². The van der Waals surface area contributed by atoms with Crippen LogP contribution in [0.2, 0.25) is 0 Å². The van der Waals surface area contributed by atoms with Crippen molar-refractivity contribution in [2.45, 2.75) is 20.3 Å². The minimum atomic E-state index is 0.592. The lowest BCUT2D eigenvalue weighted by Crippen LogP contribution is -2.03. The zero-order chi connectivity index (χ0) is 10.6.